The van der Waals surface area contributed by atoms with E-state index in [9.17, 15) is 9.59 Å². The van der Waals surface area contributed by atoms with Crippen molar-refractivity contribution in [2.45, 2.75) is 83.2 Å². The highest BCUT2D eigenvalue weighted by Gasteiger charge is 2.51. The Kier molecular flexibility index (Phi) is 4.19. The molecular weight excluding hydrogens is 284 g/mol. The first-order valence-electron chi connectivity index (χ1n) is 8.42. The number of hydrogen-bond donors (Lipinski definition) is 0. The van der Waals surface area contributed by atoms with Gasteiger partial charge in [0.25, 0.3) is 0 Å². The van der Waals surface area contributed by atoms with Gasteiger partial charge in [-0.2, -0.15) is 0 Å². The molecule has 0 unspecified atom stereocenters. The minimum absolute atomic E-state index is 0.0898. The van der Waals surface area contributed by atoms with Crippen LogP contribution in [0, 0.1) is 11.8 Å². The molecule has 0 bridgehead atoms. The van der Waals surface area contributed by atoms with Crippen molar-refractivity contribution in [1.29, 1.82) is 0 Å². The lowest BCUT2D eigenvalue weighted by Gasteiger charge is -2.48. The van der Waals surface area contributed by atoms with Crippen LogP contribution in [0.4, 0.5) is 0 Å². The minimum atomic E-state index is -0.479. The van der Waals surface area contributed by atoms with Crippen LogP contribution in [-0.4, -0.2) is 35.9 Å². The van der Waals surface area contributed by atoms with Crippen LogP contribution >= 0.6 is 0 Å². The summed E-state index contributed by atoms with van der Waals surface area (Å²) in [6, 6.07) is 0. The molecule has 0 N–H and O–H groups in total. The Morgan fingerprint density at radius 1 is 1.00 bits per heavy atom. The Balaban J connectivity index is 1.83. The van der Waals surface area contributed by atoms with Crippen LogP contribution < -0.4 is 0 Å². The molecule has 3 aliphatic heterocycles. The van der Waals surface area contributed by atoms with Gasteiger partial charge < -0.3 is 14.2 Å². The summed E-state index contributed by atoms with van der Waals surface area (Å²) >= 11 is 0. The Morgan fingerprint density at radius 3 is 2.55 bits per heavy atom. The Labute approximate surface area is 131 Å². The van der Waals surface area contributed by atoms with Crippen molar-refractivity contribution in [3.8, 4) is 0 Å². The van der Waals surface area contributed by atoms with Gasteiger partial charge in [0.05, 0.1) is 6.10 Å². The van der Waals surface area contributed by atoms with Gasteiger partial charge >= 0.3 is 11.9 Å². The smallest absolute Gasteiger partial charge is 0.306 e. The third-order valence-corrected chi connectivity index (χ3v) is 5.26. The maximum Gasteiger partial charge on any atom is 0.306 e. The highest BCUT2D eigenvalue weighted by molar-refractivity contribution is 5.70. The fourth-order valence-electron chi connectivity index (χ4n) is 4.14. The van der Waals surface area contributed by atoms with Crippen LogP contribution in [-0.2, 0) is 23.8 Å². The summed E-state index contributed by atoms with van der Waals surface area (Å²) in [7, 11) is 0. The summed E-state index contributed by atoms with van der Waals surface area (Å²) in [6.45, 7) is 6.26. The van der Waals surface area contributed by atoms with Gasteiger partial charge in [-0.1, -0.05) is 13.8 Å². The topological polar surface area (TPSA) is 61.8 Å². The quantitative estimate of drug-likeness (QED) is 0.644. The molecule has 6 atom stereocenters. The molecule has 0 aromatic carbocycles. The number of carbonyl (C=O) groups is 2. The second-order valence-electron chi connectivity index (χ2n) is 7.60. The molecule has 0 radical (unpaired) electrons. The Morgan fingerprint density at radius 2 is 1.77 bits per heavy atom. The molecule has 5 heteroatoms. The van der Waals surface area contributed by atoms with Crippen LogP contribution in [0.15, 0.2) is 0 Å². The fourth-order valence-corrected chi connectivity index (χ4v) is 4.14. The number of hydrogen-bond acceptors (Lipinski definition) is 5. The van der Waals surface area contributed by atoms with E-state index in [1.54, 1.807) is 0 Å². The van der Waals surface area contributed by atoms with E-state index in [2.05, 4.69) is 13.8 Å². The molecule has 5 nitrogen and oxygen atoms in total. The van der Waals surface area contributed by atoms with E-state index in [1.807, 2.05) is 6.92 Å². The highest BCUT2D eigenvalue weighted by Crippen LogP contribution is 2.42. The number of fused-ring (bicyclic) bond motifs is 2. The fraction of sp³-hybridized carbons (Fsp3) is 0.882. The molecule has 0 saturated carbocycles. The normalized spacial score (nSPS) is 46.2. The van der Waals surface area contributed by atoms with Crippen LogP contribution in [0.3, 0.4) is 0 Å². The molecule has 3 fully saturated rings. The third kappa shape index (κ3) is 3.14. The average molecular weight is 310 g/mol. The van der Waals surface area contributed by atoms with E-state index >= 15 is 0 Å². The largest absolute Gasteiger partial charge is 0.459 e. The first kappa shape index (κ1) is 15.8. The second-order valence-corrected chi connectivity index (χ2v) is 7.60. The average Bonchev–Trinajstić information content (AvgIpc) is 2.52. The lowest BCUT2D eigenvalue weighted by Crippen LogP contribution is -2.57. The summed E-state index contributed by atoms with van der Waals surface area (Å²) in [5.41, 5.74) is -0.479. The summed E-state index contributed by atoms with van der Waals surface area (Å²) in [5, 5.41) is 0. The lowest BCUT2D eigenvalue weighted by molar-refractivity contribution is -0.242. The van der Waals surface area contributed by atoms with Crippen LogP contribution in [0.1, 0.15) is 59.3 Å². The van der Waals surface area contributed by atoms with Gasteiger partial charge in [-0.3, -0.25) is 9.59 Å². The lowest BCUT2D eigenvalue weighted by atomic mass is 9.79. The molecule has 0 aromatic heterocycles. The number of carbonyl (C=O) groups excluding carboxylic acids is 2. The first-order chi connectivity index (χ1) is 10.4. The zero-order chi connectivity index (χ0) is 15.9. The molecule has 0 spiro atoms. The number of rotatable bonds is 0. The van der Waals surface area contributed by atoms with Crippen molar-refractivity contribution in [3.05, 3.63) is 0 Å². The summed E-state index contributed by atoms with van der Waals surface area (Å²) in [4.78, 5) is 23.8. The SMILES string of the molecule is C[C@@H]1CC(=O)O[C@@H]2C[C@@H]3OC(=O)CC[C@@H](C)C[C@@]3(C)O[C@H]2C1. The molecule has 0 aromatic rings. The van der Waals surface area contributed by atoms with Crippen LogP contribution in [0.5, 0.6) is 0 Å². The van der Waals surface area contributed by atoms with Crippen molar-refractivity contribution in [2.75, 3.05) is 0 Å². The van der Waals surface area contributed by atoms with Gasteiger partial charge in [0.1, 0.15) is 17.8 Å². The maximum atomic E-state index is 11.9. The van der Waals surface area contributed by atoms with Crippen molar-refractivity contribution in [1.82, 2.24) is 0 Å². The van der Waals surface area contributed by atoms with Crippen molar-refractivity contribution in [2.24, 2.45) is 11.8 Å². The summed E-state index contributed by atoms with van der Waals surface area (Å²) < 4.78 is 17.6. The summed E-state index contributed by atoms with van der Waals surface area (Å²) in [6.07, 6.45) is 3.27. The first-order valence-corrected chi connectivity index (χ1v) is 8.42. The van der Waals surface area contributed by atoms with Crippen molar-refractivity contribution >= 4 is 11.9 Å². The van der Waals surface area contributed by atoms with E-state index in [0.717, 1.165) is 19.3 Å². The standard InChI is InChI=1S/C17H26O5/c1-10-4-5-15(18)21-14-8-12-13(22-17(14,3)9-10)6-11(2)7-16(19)20-12/h10-14H,4-9H2,1-3H3/t10-,11+,12-,13+,14+,17-/m1/s1. The van der Waals surface area contributed by atoms with Gasteiger partial charge in [0, 0.05) is 19.3 Å². The zero-order valence-electron chi connectivity index (χ0n) is 13.7. The molecule has 0 amide bonds. The van der Waals surface area contributed by atoms with Gasteiger partial charge in [0.15, 0.2) is 0 Å². The molecule has 124 valence electrons. The Bertz CT molecular complexity index is 462. The Hall–Kier alpha value is -1.10. The third-order valence-electron chi connectivity index (χ3n) is 5.26. The van der Waals surface area contributed by atoms with Gasteiger partial charge in [0.2, 0.25) is 0 Å². The number of esters is 2. The molecular formula is C17H26O5. The summed E-state index contributed by atoms with van der Waals surface area (Å²) in [5.74, 6) is 0.342. The van der Waals surface area contributed by atoms with E-state index in [1.165, 1.54) is 0 Å². The predicted molar refractivity (Wildman–Crippen MR) is 79.1 cm³/mol. The molecule has 3 aliphatic rings. The van der Waals surface area contributed by atoms with E-state index in [4.69, 9.17) is 14.2 Å². The van der Waals surface area contributed by atoms with E-state index in [0.29, 0.717) is 25.2 Å². The number of ether oxygens (including phenoxy) is 3. The molecule has 22 heavy (non-hydrogen) atoms. The minimum Gasteiger partial charge on any atom is -0.459 e. The molecule has 3 rings (SSSR count). The van der Waals surface area contributed by atoms with E-state index < -0.39 is 5.60 Å². The zero-order valence-corrected chi connectivity index (χ0v) is 13.7. The predicted octanol–water partition coefficient (Wildman–Crippen LogP) is 2.61. The highest BCUT2D eigenvalue weighted by atomic mass is 16.6. The van der Waals surface area contributed by atoms with E-state index in [-0.39, 0.29) is 36.2 Å². The van der Waals surface area contributed by atoms with Crippen molar-refractivity contribution in [3.63, 3.8) is 0 Å². The monoisotopic (exact) mass is 310 g/mol. The maximum absolute atomic E-state index is 11.9. The second kappa shape index (κ2) is 5.84. The molecule has 3 heterocycles. The van der Waals surface area contributed by atoms with Gasteiger partial charge in [-0.15, -0.1) is 0 Å². The van der Waals surface area contributed by atoms with Gasteiger partial charge in [-0.25, -0.2) is 0 Å². The van der Waals surface area contributed by atoms with Gasteiger partial charge in [-0.05, 0) is 38.0 Å². The van der Waals surface area contributed by atoms with Crippen LogP contribution in [0.2, 0.25) is 0 Å². The molecule has 3 saturated heterocycles. The van der Waals surface area contributed by atoms with Crippen LogP contribution in [0.25, 0.3) is 0 Å². The van der Waals surface area contributed by atoms with Crippen molar-refractivity contribution < 1.29 is 23.8 Å². The molecule has 0 aliphatic carbocycles.